The molecule has 1 unspecified atom stereocenters. The first kappa shape index (κ1) is 28.5. The van der Waals surface area contributed by atoms with E-state index in [1.165, 1.54) is 96.3 Å². The fraction of sp³-hybridized carbons (Fsp3) is 0.958. The lowest BCUT2D eigenvalue weighted by atomic mass is 10.0. The van der Waals surface area contributed by atoms with Gasteiger partial charge in [-0.25, -0.2) is 10.1 Å². The van der Waals surface area contributed by atoms with E-state index in [1.807, 2.05) is 0 Å². The number of quaternary nitrogens is 1. The molecule has 0 saturated heterocycles. The highest BCUT2D eigenvalue weighted by molar-refractivity contribution is 5.48. The molecular weight excluding hydrogens is 366 g/mol. The monoisotopic (exact) mass is 415 g/mol. The van der Waals surface area contributed by atoms with Crippen molar-refractivity contribution < 1.29 is 19.6 Å². The van der Waals surface area contributed by atoms with Crippen LogP contribution < -0.4 is 5.23 Å². The molecule has 5 nitrogen and oxygen atoms in total. The van der Waals surface area contributed by atoms with Crippen LogP contribution in [0.4, 0.5) is 0 Å². The molecule has 0 spiro atoms. The predicted octanol–water partition coefficient (Wildman–Crippen LogP) is 5.56. The molecule has 1 atom stereocenters. The summed E-state index contributed by atoms with van der Waals surface area (Å²) in [6.45, 7) is 4.14. The Morgan fingerprint density at radius 2 is 1.14 bits per heavy atom. The molecule has 0 saturated carbocycles. The SMILES string of the molecule is CCCCCCCCCCCCCCCCCCOCCO[NH+]([O-])CCCC=O. The Hall–Kier alpha value is -0.490. The molecule has 0 bridgehead atoms. The Bertz CT molecular complexity index is 315. The first-order chi connectivity index (χ1) is 14.3. The third-order valence-electron chi connectivity index (χ3n) is 5.34. The first-order valence-corrected chi connectivity index (χ1v) is 12.5. The van der Waals surface area contributed by atoms with Gasteiger partial charge in [0.2, 0.25) is 0 Å². The normalized spacial score (nSPS) is 12.3. The van der Waals surface area contributed by atoms with Crippen LogP contribution in [0.25, 0.3) is 0 Å². The maximum atomic E-state index is 11.3. The van der Waals surface area contributed by atoms with E-state index in [0.717, 1.165) is 19.3 Å². The van der Waals surface area contributed by atoms with Crippen molar-refractivity contribution in [3.63, 3.8) is 0 Å². The van der Waals surface area contributed by atoms with Crippen LogP contribution >= 0.6 is 0 Å². The van der Waals surface area contributed by atoms with Crippen LogP contribution in [0.1, 0.15) is 122 Å². The maximum Gasteiger partial charge on any atom is 0.130 e. The fourth-order valence-electron chi connectivity index (χ4n) is 3.47. The Balaban J connectivity index is 3.05. The van der Waals surface area contributed by atoms with Crippen LogP contribution in [0.3, 0.4) is 0 Å². The van der Waals surface area contributed by atoms with E-state index in [-0.39, 0.29) is 5.23 Å². The molecule has 0 rings (SSSR count). The Morgan fingerprint density at radius 1 is 0.655 bits per heavy atom. The topological polar surface area (TPSA) is 63.0 Å². The lowest BCUT2D eigenvalue weighted by Crippen LogP contribution is -3.06. The van der Waals surface area contributed by atoms with E-state index >= 15 is 0 Å². The van der Waals surface area contributed by atoms with Gasteiger partial charge in [-0.3, -0.25) is 0 Å². The van der Waals surface area contributed by atoms with Crippen LogP contribution in [-0.4, -0.2) is 32.7 Å². The van der Waals surface area contributed by atoms with Gasteiger partial charge in [-0.1, -0.05) is 103 Å². The number of nitrogens with one attached hydrogen (secondary N) is 1. The van der Waals surface area contributed by atoms with Gasteiger partial charge < -0.3 is 14.7 Å². The van der Waals surface area contributed by atoms with Gasteiger partial charge in [0, 0.05) is 19.4 Å². The van der Waals surface area contributed by atoms with Crippen LogP contribution in [0.15, 0.2) is 0 Å². The number of ether oxygens (including phenoxy) is 1. The molecule has 0 aliphatic heterocycles. The zero-order chi connectivity index (χ0) is 21.3. The highest BCUT2D eigenvalue weighted by Gasteiger charge is 1.99. The summed E-state index contributed by atoms with van der Waals surface area (Å²) in [5.74, 6) is 0. The Morgan fingerprint density at radius 3 is 1.62 bits per heavy atom. The molecule has 0 amide bonds. The molecule has 0 aromatic rings. The van der Waals surface area contributed by atoms with Crippen molar-refractivity contribution in [2.24, 2.45) is 0 Å². The number of hydroxylamine groups is 2. The first-order valence-electron chi connectivity index (χ1n) is 12.5. The second-order valence-electron chi connectivity index (χ2n) is 8.20. The third-order valence-corrected chi connectivity index (χ3v) is 5.34. The number of unbranched alkanes of at least 4 members (excludes halogenated alkanes) is 16. The summed E-state index contributed by atoms with van der Waals surface area (Å²) >= 11 is 0. The van der Waals surface area contributed by atoms with Crippen molar-refractivity contribution in [3.8, 4) is 0 Å². The summed E-state index contributed by atoms with van der Waals surface area (Å²) in [7, 11) is 0. The highest BCUT2D eigenvalue weighted by atomic mass is 16.9. The van der Waals surface area contributed by atoms with Crippen molar-refractivity contribution in [1.82, 2.24) is 0 Å². The second-order valence-corrected chi connectivity index (χ2v) is 8.20. The van der Waals surface area contributed by atoms with Gasteiger partial charge in [0.15, 0.2) is 0 Å². The molecule has 0 heterocycles. The number of hydrogen-bond donors (Lipinski definition) is 1. The van der Waals surface area contributed by atoms with Crippen molar-refractivity contribution in [1.29, 1.82) is 0 Å². The van der Waals surface area contributed by atoms with E-state index < -0.39 is 0 Å². The minimum Gasteiger partial charge on any atom is -0.600 e. The van der Waals surface area contributed by atoms with Gasteiger partial charge in [-0.05, 0) is 6.42 Å². The van der Waals surface area contributed by atoms with Gasteiger partial charge in [0.25, 0.3) is 0 Å². The van der Waals surface area contributed by atoms with E-state index in [9.17, 15) is 10.0 Å². The van der Waals surface area contributed by atoms with Crippen LogP contribution in [0, 0.1) is 5.21 Å². The summed E-state index contributed by atoms with van der Waals surface area (Å²) in [5, 5.41) is 11.1. The van der Waals surface area contributed by atoms with E-state index in [0.29, 0.717) is 32.6 Å². The minimum absolute atomic E-state index is 0.238. The van der Waals surface area contributed by atoms with Crippen molar-refractivity contribution >= 4 is 6.29 Å². The number of carbonyl (C=O) groups excluding carboxylic acids is 1. The third kappa shape index (κ3) is 25.5. The van der Waals surface area contributed by atoms with E-state index in [2.05, 4.69) is 6.92 Å². The van der Waals surface area contributed by atoms with Crippen molar-refractivity contribution in [3.05, 3.63) is 5.21 Å². The van der Waals surface area contributed by atoms with Crippen molar-refractivity contribution in [2.75, 3.05) is 26.4 Å². The summed E-state index contributed by atoms with van der Waals surface area (Å²) in [6.07, 6.45) is 23.8. The smallest absolute Gasteiger partial charge is 0.130 e. The number of aldehydes is 1. The van der Waals surface area contributed by atoms with Crippen molar-refractivity contribution in [2.45, 2.75) is 122 Å². The zero-order valence-electron chi connectivity index (χ0n) is 19.3. The molecule has 0 aliphatic carbocycles. The summed E-state index contributed by atoms with van der Waals surface area (Å²) < 4.78 is 5.50. The van der Waals surface area contributed by atoms with Gasteiger partial charge in [-0.2, -0.15) is 0 Å². The average molecular weight is 416 g/mol. The molecule has 29 heavy (non-hydrogen) atoms. The summed E-state index contributed by atoms with van der Waals surface area (Å²) in [6, 6.07) is 0. The molecule has 174 valence electrons. The maximum absolute atomic E-state index is 11.3. The number of carbonyl (C=O) groups is 1. The summed E-state index contributed by atoms with van der Waals surface area (Å²) in [5.41, 5.74) is 0. The zero-order valence-corrected chi connectivity index (χ0v) is 19.3. The second kappa shape index (κ2) is 25.5. The standard InChI is InChI=1S/C24H49NO4/c1-2-3-4-5-6-7-8-9-10-11-12-13-14-15-16-19-22-28-23-24-29-25(27)20-17-18-21-26/h21,25H,2-20,22-24H2,1H3. The van der Waals surface area contributed by atoms with Crippen LogP contribution in [0.5, 0.6) is 0 Å². The van der Waals surface area contributed by atoms with Gasteiger partial charge in [-0.15, -0.1) is 0 Å². The fourth-order valence-corrected chi connectivity index (χ4v) is 3.47. The van der Waals surface area contributed by atoms with Crippen LogP contribution in [-0.2, 0) is 14.4 Å². The Labute approximate surface area is 180 Å². The van der Waals surface area contributed by atoms with E-state index in [1.54, 1.807) is 0 Å². The average Bonchev–Trinajstić information content (AvgIpc) is 2.72. The lowest BCUT2D eigenvalue weighted by Gasteiger charge is -2.19. The largest absolute Gasteiger partial charge is 0.600 e. The van der Waals surface area contributed by atoms with Crippen LogP contribution in [0.2, 0.25) is 0 Å². The quantitative estimate of drug-likeness (QED) is 0.120. The van der Waals surface area contributed by atoms with Gasteiger partial charge in [0.1, 0.15) is 19.4 Å². The summed E-state index contributed by atoms with van der Waals surface area (Å²) in [4.78, 5) is 15.2. The Kier molecular flexibility index (Phi) is 25.1. The number of rotatable bonds is 25. The molecule has 1 N–H and O–H groups in total. The molecular formula is C24H49NO4. The van der Waals surface area contributed by atoms with E-state index in [4.69, 9.17) is 9.57 Å². The highest BCUT2D eigenvalue weighted by Crippen LogP contribution is 2.13. The molecule has 0 radical (unpaired) electrons. The number of hydrogen-bond acceptors (Lipinski definition) is 4. The lowest BCUT2D eigenvalue weighted by molar-refractivity contribution is -1.05. The molecule has 0 aromatic heterocycles. The predicted molar refractivity (Wildman–Crippen MR) is 121 cm³/mol. The molecule has 0 aliphatic rings. The molecule has 0 fully saturated rings. The molecule has 5 heteroatoms. The van der Waals surface area contributed by atoms with Gasteiger partial charge >= 0.3 is 0 Å². The minimum atomic E-state index is -0.238. The molecule has 0 aromatic carbocycles. The van der Waals surface area contributed by atoms with Gasteiger partial charge in [0.05, 0.1) is 6.61 Å².